The predicted octanol–water partition coefficient (Wildman–Crippen LogP) is 6.04. The summed E-state index contributed by atoms with van der Waals surface area (Å²) < 4.78 is 39.3. The first-order chi connectivity index (χ1) is 11.5. The zero-order valence-corrected chi connectivity index (χ0v) is 13.6. The zero-order valence-electron chi connectivity index (χ0n) is 13.6. The second-order valence-electron chi connectivity index (χ2n) is 6.58. The van der Waals surface area contributed by atoms with E-state index in [0.29, 0.717) is 5.92 Å². The molecular formula is C21H21F3. The number of hydrogen-bond acceptors (Lipinski definition) is 0. The molecule has 3 rings (SSSR count). The van der Waals surface area contributed by atoms with E-state index in [0.717, 1.165) is 23.6 Å². The van der Waals surface area contributed by atoms with Gasteiger partial charge in [0, 0.05) is 12.6 Å². The van der Waals surface area contributed by atoms with Gasteiger partial charge in [0.15, 0.2) is 17.5 Å². The molecule has 1 saturated carbocycles. The van der Waals surface area contributed by atoms with Crippen molar-refractivity contribution in [2.45, 2.75) is 38.5 Å². The molecule has 0 heterocycles. The topological polar surface area (TPSA) is 0 Å². The fourth-order valence-corrected chi connectivity index (χ4v) is 3.20. The average Bonchev–Trinajstić information content (AvgIpc) is 2.59. The number of hydrogen-bond donors (Lipinski definition) is 0. The minimum Gasteiger partial charge on any atom is -0.204 e. The van der Waals surface area contributed by atoms with E-state index < -0.39 is 17.5 Å². The van der Waals surface area contributed by atoms with Crippen molar-refractivity contribution in [3.63, 3.8) is 0 Å². The molecule has 1 aliphatic carbocycles. The summed E-state index contributed by atoms with van der Waals surface area (Å²) in [4.78, 5) is 0. The van der Waals surface area contributed by atoms with Gasteiger partial charge in [-0.25, -0.2) is 13.2 Å². The minimum atomic E-state index is -1.47. The second kappa shape index (κ2) is 7.13. The fourth-order valence-electron chi connectivity index (χ4n) is 3.20. The summed E-state index contributed by atoms with van der Waals surface area (Å²) >= 11 is 0. The molecule has 0 amide bonds. The van der Waals surface area contributed by atoms with Crippen LogP contribution in [-0.4, -0.2) is 0 Å². The first-order valence-electron chi connectivity index (χ1n) is 8.29. The third kappa shape index (κ3) is 3.82. The van der Waals surface area contributed by atoms with Crippen molar-refractivity contribution < 1.29 is 14.6 Å². The minimum absolute atomic E-state index is 0. The summed E-state index contributed by atoms with van der Waals surface area (Å²) in [5, 5.41) is 0. The highest BCUT2D eigenvalue weighted by Gasteiger charge is 2.19. The Hall–Kier alpha value is -2.21. The van der Waals surface area contributed by atoms with E-state index in [-0.39, 0.29) is 6.99 Å². The molecule has 2 aromatic carbocycles. The molecule has 0 atom stereocenters. The Labute approximate surface area is 142 Å². The van der Waals surface area contributed by atoms with E-state index in [1.54, 1.807) is 0 Å². The van der Waals surface area contributed by atoms with Crippen LogP contribution in [0.1, 0.15) is 56.6 Å². The van der Waals surface area contributed by atoms with Gasteiger partial charge < -0.3 is 0 Å². The lowest BCUT2D eigenvalue weighted by molar-refractivity contribution is 0.348. The Morgan fingerprint density at radius 3 is 1.96 bits per heavy atom. The quantitative estimate of drug-likeness (QED) is 0.441. The third-order valence-corrected chi connectivity index (χ3v) is 4.73. The van der Waals surface area contributed by atoms with Crippen molar-refractivity contribution in [1.29, 1.82) is 0 Å². The third-order valence-electron chi connectivity index (χ3n) is 4.73. The number of benzene rings is 2. The molecule has 3 heteroatoms. The van der Waals surface area contributed by atoms with E-state index in [4.69, 9.17) is 0 Å². The van der Waals surface area contributed by atoms with Crippen LogP contribution in [0.3, 0.4) is 0 Å². The summed E-state index contributed by atoms with van der Waals surface area (Å²) in [6, 6.07) is 9.83. The van der Waals surface area contributed by atoms with Crippen molar-refractivity contribution in [3.8, 4) is 11.8 Å². The Balaban J connectivity index is 0.00000225. The molecule has 0 spiro atoms. The van der Waals surface area contributed by atoms with Gasteiger partial charge in [-0.15, -0.1) is 0 Å². The first-order valence-corrected chi connectivity index (χ1v) is 8.29. The molecule has 0 radical (unpaired) electrons. The van der Waals surface area contributed by atoms with Crippen LogP contribution in [0.25, 0.3) is 0 Å². The maximum absolute atomic E-state index is 13.2. The van der Waals surface area contributed by atoms with Crippen molar-refractivity contribution in [2.75, 3.05) is 0 Å². The lowest BCUT2D eigenvalue weighted by Crippen LogP contribution is -2.10. The van der Waals surface area contributed by atoms with Crippen LogP contribution < -0.4 is 0 Å². The summed E-state index contributed by atoms with van der Waals surface area (Å²) in [7, 11) is 0. The molecule has 0 saturated heterocycles. The highest BCUT2D eigenvalue weighted by atomic mass is 19.2. The monoisotopic (exact) mass is 330 g/mol. The molecule has 0 unspecified atom stereocenters. The van der Waals surface area contributed by atoms with Crippen molar-refractivity contribution in [3.05, 3.63) is 70.5 Å². The van der Waals surface area contributed by atoms with Crippen LogP contribution in [0.4, 0.5) is 13.2 Å². The Bertz CT molecular complexity index is 756. The number of rotatable bonds is 1. The van der Waals surface area contributed by atoms with Gasteiger partial charge in [-0.3, -0.25) is 0 Å². The second-order valence-corrected chi connectivity index (χ2v) is 6.58. The van der Waals surface area contributed by atoms with Gasteiger partial charge in [0.1, 0.15) is 0 Å². The molecule has 0 aliphatic heterocycles. The van der Waals surface area contributed by atoms with Crippen LogP contribution in [-0.2, 0) is 0 Å². The van der Waals surface area contributed by atoms with Crippen LogP contribution in [0.2, 0.25) is 0 Å². The Morgan fingerprint density at radius 1 is 0.833 bits per heavy atom. The Kier molecular flexibility index (Phi) is 4.94. The Morgan fingerprint density at radius 2 is 1.38 bits per heavy atom. The van der Waals surface area contributed by atoms with E-state index in [1.807, 2.05) is 12.1 Å². The number of halogens is 3. The molecule has 126 valence electrons. The van der Waals surface area contributed by atoms with Gasteiger partial charge in [-0.05, 0) is 54.5 Å². The van der Waals surface area contributed by atoms with Crippen molar-refractivity contribution >= 4 is 0 Å². The molecule has 0 N–H and O–H groups in total. The van der Waals surface area contributed by atoms with E-state index in [1.165, 1.54) is 31.2 Å². The van der Waals surface area contributed by atoms with Crippen LogP contribution in [0.15, 0.2) is 36.4 Å². The zero-order chi connectivity index (χ0) is 17.1. The van der Waals surface area contributed by atoms with E-state index in [9.17, 15) is 13.2 Å². The molecule has 0 aromatic heterocycles. The van der Waals surface area contributed by atoms with E-state index in [2.05, 4.69) is 30.9 Å². The maximum atomic E-state index is 13.2. The van der Waals surface area contributed by atoms with Gasteiger partial charge in [0.25, 0.3) is 0 Å². The molecule has 2 aromatic rings. The molecule has 24 heavy (non-hydrogen) atoms. The molecule has 1 aliphatic rings. The van der Waals surface area contributed by atoms with Gasteiger partial charge in [-0.2, -0.15) is 0 Å². The maximum Gasteiger partial charge on any atom is 0.194 e. The molecule has 1 fully saturated rings. The first kappa shape index (κ1) is 16.6. The largest absolute Gasteiger partial charge is 0.204 e. The van der Waals surface area contributed by atoms with Gasteiger partial charge in [0.05, 0.1) is 0 Å². The van der Waals surface area contributed by atoms with E-state index >= 15 is 0 Å². The van der Waals surface area contributed by atoms with Crippen molar-refractivity contribution in [2.24, 2.45) is 5.92 Å². The van der Waals surface area contributed by atoms with Crippen molar-refractivity contribution in [1.82, 2.24) is 0 Å². The van der Waals surface area contributed by atoms with Gasteiger partial charge >= 0.3 is 0 Å². The standard InChI is InChI=1S/C21H19F3.H2/c1-14-2-8-17(9-3-14)18-10-6-15(7-11-18)4-5-16-12-19(22)21(24)20(23)13-16;/h6-7,10-14,17H,2-3,8-9H2,1H3;1H. The SMILES string of the molecule is CC1CCC(c2ccc(C#Cc3cc(F)c(F)c(F)c3)cc2)CC1.[HH]. The normalized spacial score (nSPS) is 20.3. The lowest BCUT2D eigenvalue weighted by Gasteiger charge is -2.26. The molecule has 0 bridgehead atoms. The average molecular weight is 330 g/mol. The lowest BCUT2D eigenvalue weighted by atomic mass is 9.79. The molecule has 0 nitrogen and oxygen atoms in total. The summed E-state index contributed by atoms with van der Waals surface area (Å²) in [5.74, 6) is 3.07. The highest BCUT2D eigenvalue weighted by molar-refractivity contribution is 5.44. The van der Waals surface area contributed by atoms with Crippen LogP contribution in [0, 0.1) is 35.2 Å². The smallest absolute Gasteiger partial charge is 0.194 e. The van der Waals surface area contributed by atoms with Crippen LogP contribution in [0.5, 0.6) is 0 Å². The van der Waals surface area contributed by atoms with Gasteiger partial charge in [-0.1, -0.05) is 43.7 Å². The predicted molar refractivity (Wildman–Crippen MR) is 91.2 cm³/mol. The summed E-state index contributed by atoms with van der Waals surface area (Å²) in [6.07, 6.45) is 4.99. The van der Waals surface area contributed by atoms with Gasteiger partial charge in [0.2, 0.25) is 0 Å². The summed E-state index contributed by atoms with van der Waals surface area (Å²) in [5.41, 5.74) is 2.22. The summed E-state index contributed by atoms with van der Waals surface area (Å²) in [6.45, 7) is 2.30. The molecular weight excluding hydrogens is 309 g/mol. The van der Waals surface area contributed by atoms with Crippen LogP contribution >= 0.6 is 0 Å². The fraction of sp³-hybridized carbons (Fsp3) is 0.333. The highest BCUT2D eigenvalue weighted by Crippen LogP contribution is 2.35.